The Labute approximate surface area is 264 Å². The van der Waals surface area contributed by atoms with Crippen molar-refractivity contribution in [3.8, 4) is 11.6 Å². The fourth-order valence-corrected chi connectivity index (χ4v) is 5.64. The van der Waals surface area contributed by atoms with Crippen molar-refractivity contribution in [1.82, 2.24) is 29.1 Å². The molecule has 0 fully saturated rings. The number of hydrogen-bond donors (Lipinski definition) is 0. The Kier molecular flexibility index (Phi) is 6.61. The van der Waals surface area contributed by atoms with Gasteiger partial charge in [-0.1, -0.05) is 83.6 Å². The molecule has 0 amide bonds. The molecule has 8 rings (SSSR count). The van der Waals surface area contributed by atoms with Crippen LogP contribution in [0.5, 0.6) is 0 Å². The van der Waals surface area contributed by atoms with Crippen LogP contribution in [0.4, 0.5) is 8.78 Å². The molecule has 216 valence electrons. The number of fused-ring (bicyclic) bond motifs is 4. The summed E-state index contributed by atoms with van der Waals surface area (Å²) in [5.41, 5.74) is 1.39. The molecule has 6 aromatic heterocycles. The summed E-state index contributed by atoms with van der Waals surface area (Å²) in [6.07, 6.45) is 9.35. The normalized spacial score (nSPS) is 11.9. The Hall–Kier alpha value is -4.84. The molecule has 6 heterocycles. The summed E-state index contributed by atoms with van der Waals surface area (Å²) in [5.74, 6) is -0.165. The van der Waals surface area contributed by atoms with Crippen molar-refractivity contribution in [3.05, 3.63) is 133 Å². The van der Waals surface area contributed by atoms with Gasteiger partial charge in [0, 0.05) is 40.2 Å². The quantitative estimate of drug-likeness (QED) is 0.143. The maximum atomic E-state index is 15.7. The fourth-order valence-electron chi connectivity index (χ4n) is 5.64. The van der Waals surface area contributed by atoms with Gasteiger partial charge in [-0.15, -0.1) is 0 Å². The summed E-state index contributed by atoms with van der Waals surface area (Å²) < 4.78 is 34.1. The van der Waals surface area contributed by atoms with Crippen molar-refractivity contribution in [2.45, 2.75) is 19.3 Å². The summed E-state index contributed by atoms with van der Waals surface area (Å²) in [4.78, 5) is 18.6. The van der Waals surface area contributed by atoms with Gasteiger partial charge in [-0.25, -0.2) is 0 Å². The van der Waals surface area contributed by atoms with E-state index < -0.39 is 17.3 Å². The minimum absolute atomic E-state index is 0. The molecule has 0 saturated heterocycles. The molecule has 9 heteroatoms. The standard InChI is InChI=1S/C35H22F2N6.Pd/c1-35(2,29-17-21-9-3-5-11-23(21)33(40-29)42-19-27-25(31(42)36)13-7-15-38-27)30-18-22-10-4-6-12-24(22)34(41-30)43-20-28-26(32(43)37)14-8-16-39-28;/h3-18H,1-2H3;/q-2;+2. The average molecular weight is 671 g/mol. The van der Waals surface area contributed by atoms with Crippen molar-refractivity contribution in [2.75, 3.05) is 0 Å². The fraction of sp³-hybridized carbons (Fsp3) is 0.0857. The molecule has 0 radical (unpaired) electrons. The molecule has 0 spiro atoms. The molecule has 0 N–H and O–H groups in total. The number of hydrogen-bond acceptors (Lipinski definition) is 4. The van der Waals surface area contributed by atoms with Crippen LogP contribution < -0.4 is 0 Å². The molecule has 0 saturated carbocycles. The van der Waals surface area contributed by atoms with E-state index in [2.05, 4.69) is 22.4 Å². The Morgan fingerprint density at radius 3 is 1.43 bits per heavy atom. The first-order valence-electron chi connectivity index (χ1n) is 13.8. The predicted octanol–water partition coefficient (Wildman–Crippen LogP) is 7.66. The minimum Gasteiger partial charge on any atom is -0.403 e. The van der Waals surface area contributed by atoms with Gasteiger partial charge in [0.1, 0.15) is 0 Å². The van der Waals surface area contributed by atoms with E-state index >= 15 is 8.78 Å². The van der Waals surface area contributed by atoms with Gasteiger partial charge in [0.2, 0.25) is 0 Å². The van der Waals surface area contributed by atoms with E-state index in [1.807, 2.05) is 74.5 Å². The SMILES string of the molecule is CC(C)(c1cc2ccccc2c(-n2[c-]c3ncccc3c2F)n1)c1cc2ccccc2c(-n2[c-]c3ncccc3c2F)n1.[Pd+2]. The Bertz CT molecular complexity index is 2210. The molecule has 0 unspecified atom stereocenters. The largest absolute Gasteiger partial charge is 2.00 e. The van der Waals surface area contributed by atoms with E-state index in [1.54, 1.807) is 36.7 Å². The number of rotatable bonds is 4. The second-order valence-corrected chi connectivity index (χ2v) is 11.0. The summed E-state index contributed by atoms with van der Waals surface area (Å²) in [5, 5.41) is 4.05. The van der Waals surface area contributed by atoms with Crippen LogP contribution in [-0.4, -0.2) is 29.1 Å². The zero-order valence-corrected chi connectivity index (χ0v) is 25.0. The Balaban J connectivity index is 0.00000312. The molecule has 0 aliphatic carbocycles. The molecule has 0 aliphatic rings. The van der Waals surface area contributed by atoms with Crippen molar-refractivity contribution >= 4 is 43.4 Å². The summed E-state index contributed by atoms with van der Waals surface area (Å²) in [6, 6.07) is 26.2. The molecule has 44 heavy (non-hydrogen) atoms. The first-order chi connectivity index (χ1) is 20.9. The predicted molar refractivity (Wildman–Crippen MR) is 162 cm³/mol. The summed E-state index contributed by atoms with van der Waals surface area (Å²) >= 11 is 0. The number of pyridine rings is 4. The second kappa shape index (κ2) is 10.4. The van der Waals surface area contributed by atoms with E-state index in [4.69, 9.17) is 9.97 Å². The smallest absolute Gasteiger partial charge is 0.403 e. The van der Waals surface area contributed by atoms with Gasteiger partial charge < -0.3 is 9.13 Å². The van der Waals surface area contributed by atoms with E-state index in [0.29, 0.717) is 44.8 Å². The van der Waals surface area contributed by atoms with Gasteiger partial charge in [0.25, 0.3) is 0 Å². The van der Waals surface area contributed by atoms with Crippen LogP contribution in [-0.2, 0) is 25.8 Å². The van der Waals surface area contributed by atoms with Gasteiger partial charge in [-0.3, -0.25) is 28.7 Å². The van der Waals surface area contributed by atoms with Crippen molar-refractivity contribution in [3.63, 3.8) is 0 Å². The van der Waals surface area contributed by atoms with Crippen LogP contribution >= 0.6 is 0 Å². The number of aromatic nitrogens is 6. The van der Waals surface area contributed by atoms with Crippen LogP contribution in [0, 0.1) is 24.3 Å². The van der Waals surface area contributed by atoms with Crippen LogP contribution in [0.2, 0.25) is 0 Å². The van der Waals surface area contributed by atoms with Crippen LogP contribution in [0.15, 0.2) is 97.3 Å². The zero-order chi connectivity index (χ0) is 29.3. The molecule has 0 aliphatic heterocycles. The molecular formula is C35H22F2N6Pd. The Morgan fingerprint density at radius 2 is 1.00 bits per heavy atom. The van der Waals surface area contributed by atoms with E-state index in [-0.39, 0.29) is 20.4 Å². The topological polar surface area (TPSA) is 61.4 Å². The van der Waals surface area contributed by atoms with Gasteiger partial charge in [0.15, 0.2) is 0 Å². The average Bonchev–Trinajstić information content (AvgIpc) is 3.56. The first kappa shape index (κ1) is 28.0. The molecule has 6 nitrogen and oxygen atoms in total. The number of nitrogens with zero attached hydrogens (tertiary/aromatic N) is 6. The maximum Gasteiger partial charge on any atom is 2.00 e. The molecular weight excluding hydrogens is 649 g/mol. The monoisotopic (exact) mass is 670 g/mol. The van der Waals surface area contributed by atoms with Crippen LogP contribution in [0.25, 0.3) is 55.0 Å². The van der Waals surface area contributed by atoms with Gasteiger partial charge in [-0.05, 0) is 59.9 Å². The summed E-state index contributed by atoms with van der Waals surface area (Å²) in [7, 11) is 0. The molecule has 2 aromatic carbocycles. The third kappa shape index (κ3) is 4.23. The third-order valence-electron chi connectivity index (χ3n) is 8.03. The van der Waals surface area contributed by atoms with Crippen LogP contribution in [0.3, 0.4) is 0 Å². The second-order valence-electron chi connectivity index (χ2n) is 11.0. The van der Waals surface area contributed by atoms with E-state index in [1.165, 1.54) is 9.13 Å². The van der Waals surface area contributed by atoms with E-state index in [9.17, 15) is 0 Å². The van der Waals surface area contributed by atoms with Crippen molar-refractivity contribution in [1.29, 1.82) is 0 Å². The van der Waals surface area contributed by atoms with Gasteiger partial charge in [0.05, 0.1) is 23.5 Å². The zero-order valence-electron chi connectivity index (χ0n) is 23.5. The van der Waals surface area contributed by atoms with Crippen molar-refractivity contribution < 1.29 is 29.2 Å². The maximum absolute atomic E-state index is 15.7. The van der Waals surface area contributed by atoms with Gasteiger partial charge >= 0.3 is 20.4 Å². The minimum atomic E-state index is -0.778. The number of benzene rings is 2. The van der Waals surface area contributed by atoms with E-state index in [0.717, 1.165) is 21.5 Å². The first-order valence-corrected chi connectivity index (χ1v) is 13.8. The molecule has 8 aromatic rings. The third-order valence-corrected chi connectivity index (χ3v) is 8.03. The van der Waals surface area contributed by atoms with Crippen LogP contribution in [0.1, 0.15) is 25.2 Å². The molecule has 0 atom stereocenters. The van der Waals surface area contributed by atoms with Crippen molar-refractivity contribution in [2.24, 2.45) is 0 Å². The van der Waals surface area contributed by atoms with Gasteiger partial charge in [-0.2, -0.15) is 0 Å². The Morgan fingerprint density at radius 1 is 0.591 bits per heavy atom. The number of halogens is 2. The molecule has 0 bridgehead atoms. The summed E-state index contributed by atoms with van der Waals surface area (Å²) in [6.45, 7) is 4.02.